The van der Waals surface area contributed by atoms with Crippen LogP contribution in [0.25, 0.3) is 0 Å². The van der Waals surface area contributed by atoms with Gasteiger partial charge in [-0.15, -0.1) is 0 Å². The summed E-state index contributed by atoms with van der Waals surface area (Å²) in [7, 11) is 1.51. The number of allylic oxidation sites excluding steroid dienone is 7. The first-order valence-electron chi connectivity index (χ1n) is 12.1. The number of hydrogen-bond acceptors (Lipinski definition) is 5. The number of methoxy groups -OCH3 is 1. The molecule has 1 amide bonds. The molecule has 4 atom stereocenters. The second-order valence-corrected chi connectivity index (χ2v) is 9.03. The fourth-order valence-corrected chi connectivity index (χ4v) is 4.50. The smallest absolute Gasteiger partial charge is 0.244 e. The third-order valence-electron chi connectivity index (χ3n) is 6.33. The molecular weight excluding hydrogens is 442 g/mol. The minimum atomic E-state index is -0.810. The van der Waals surface area contributed by atoms with E-state index in [2.05, 4.69) is 5.32 Å². The monoisotopic (exact) mass is 477 g/mol. The van der Waals surface area contributed by atoms with E-state index in [4.69, 9.17) is 4.74 Å². The van der Waals surface area contributed by atoms with Gasteiger partial charge in [-0.3, -0.25) is 9.59 Å². The van der Waals surface area contributed by atoms with Gasteiger partial charge in [-0.2, -0.15) is 0 Å². The third kappa shape index (κ3) is 7.64. The van der Waals surface area contributed by atoms with E-state index in [0.29, 0.717) is 31.3 Å². The first-order valence-corrected chi connectivity index (χ1v) is 12.1. The molecule has 35 heavy (non-hydrogen) atoms. The fourth-order valence-electron chi connectivity index (χ4n) is 4.50. The van der Waals surface area contributed by atoms with E-state index in [9.17, 15) is 19.8 Å². The summed E-state index contributed by atoms with van der Waals surface area (Å²) in [4.78, 5) is 25.5. The van der Waals surface area contributed by atoms with E-state index in [-0.39, 0.29) is 35.8 Å². The van der Waals surface area contributed by atoms with Gasteiger partial charge in [-0.05, 0) is 38.2 Å². The van der Waals surface area contributed by atoms with Crippen LogP contribution in [0.3, 0.4) is 0 Å². The summed E-state index contributed by atoms with van der Waals surface area (Å²) in [5.41, 5.74) is 2.22. The summed E-state index contributed by atoms with van der Waals surface area (Å²) >= 11 is 0. The lowest BCUT2D eigenvalue weighted by Gasteiger charge is -2.17. The summed E-state index contributed by atoms with van der Waals surface area (Å²) in [6, 6.07) is 9.61. The van der Waals surface area contributed by atoms with Gasteiger partial charge in [0, 0.05) is 31.1 Å². The van der Waals surface area contributed by atoms with Gasteiger partial charge < -0.3 is 20.3 Å². The zero-order chi connectivity index (χ0) is 25.2. The molecule has 6 heteroatoms. The molecule has 0 saturated heterocycles. The number of hydrogen-bond donors (Lipinski definition) is 3. The van der Waals surface area contributed by atoms with Crippen molar-refractivity contribution in [3.05, 3.63) is 95.3 Å². The van der Waals surface area contributed by atoms with Crippen LogP contribution < -0.4 is 5.32 Å². The number of ether oxygens (including phenoxy) is 1. The quantitative estimate of drug-likeness (QED) is 0.532. The Hall–Kier alpha value is -3.22. The molecule has 0 aromatic heterocycles. The van der Waals surface area contributed by atoms with Crippen LogP contribution in [0.4, 0.5) is 0 Å². The lowest BCUT2D eigenvalue weighted by atomic mass is 9.92. The maximum absolute atomic E-state index is 13.0. The number of benzene rings is 1. The van der Waals surface area contributed by atoms with Crippen molar-refractivity contribution < 1.29 is 24.5 Å². The van der Waals surface area contributed by atoms with Crippen molar-refractivity contribution >= 4 is 11.7 Å². The molecule has 6 nitrogen and oxygen atoms in total. The molecular formula is C29H35NO5. The van der Waals surface area contributed by atoms with Gasteiger partial charge in [0.1, 0.15) is 11.9 Å². The molecule has 1 aromatic rings. The zero-order valence-corrected chi connectivity index (χ0v) is 20.4. The molecule has 0 unspecified atom stereocenters. The summed E-state index contributed by atoms with van der Waals surface area (Å²) in [6.45, 7) is 1.90. The van der Waals surface area contributed by atoms with E-state index in [1.807, 2.05) is 61.6 Å². The highest BCUT2D eigenvalue weighted by Crippen LogP contribution is 2.36. The van der Waals surface area contributed by atoms with Crippen molar-refractivity contribution in [2.45, 2.75) is 57.3 Å². The average molecular weight is 478 g/mol. The third-order valence-corrected chi connectivity index (χ3v) is 6.33. The molecule has 3 N–H and O–H groups in total. The van der Waals surface area contributed by atoms with Gasteiger partial charge in [0.2, 0.25) is 5.91 Å². The minimum Gasteiger partial charge on any atom is -0.509 e. The van der Waals surface area contributed by atoms with E-state index in [1.165, 1.54) is 13.2 Å². The molecule has 186 valence electrons. The van der Waals surface area contributed by atoms with Crippen LogP contribution in [0.1, 0.15) is 50.6 Å². The first kappa shape index (κ1) is 26.4. The molecule has 0 saturated carbocycles. The Morgan fingerprint density at radius 3 is 2.54 bits per heavy atom. The maximum Gasteiger partial charge on any atom is 0.244 e. The van der Waals surface area contributed by atoms with Crippen LogP contribution in [-0.4, -0.2) is 41.2 Å². The van der Waals surface area contributed by atoms with Crippen LogP contribution in [0.15, 0.2) is 89.8 Å². The fraction of sp³-hybridized carbons (Fsp3) is 0.379. The summed E-state index contributed by atoms with van der Waals surface area (Å²) in [6.07, 6.45) is 13.4. The van der Waals surface area contributed by atoms with Crippen LogP contribution in [0.2, 0.25) is 0 Å². The van der Waals surface area contributed by atoms with Crippen LogP contribution in [0.5, 0.6) is 0 Å². The summed E-state index contributed by atoms with van der Waals surface area (Å²) in [5, 5.41) is 24.1. The molecule has 1 aromatic carbocycles. The van der Waals surface area contributed by atoms with Gasteiger partial charge in [-0.1, -0.05) is 72.4 Å². The van der Waals surface area contributed by atoms with E-state index in [0.717, 1.165) is 11.1 Å². The minimum absolute atomic E-state index is 0.0444. The Bertz CT molecular complexity index is 1030. The molecule has 0 fully saturated rings. The van der Waals surface area contributed by atoms with Crippen molar-refractivity contribution in [3.63, 3.8) is 0 Å². The number of aliphatic hydroxyl groups excluding tert-OH is 2. The number of nitrogens with one attached hydrogen (secondary N) is 1. The topological polar surface area (TPSA) is 95.9 Å². The molecule has 0 bridgehead atoms. The molecule has 1 aliphatic heterocycles. The van der Waals surface area contributed by atoms with Crippen molar-refractivity contribution in [3.8, 4) is 0 Å². The summed E-state index contributed by atoms with van der Waals surface area (Å²) in [5.74, 6) is -0.790. The standard InChI is InChI=1S/C29H35NO5/c1-20-11-9-10-16-27(33)30-24(21-12-5-3-6-13-21)15-8-4-7-14-23(31)19-25(32)28-22(17-20)18-26(35-2)29(28)34/h3-6,8-13,16-17,22-24,26,31,34H,7,14-15,18-19H2,1-2H3,(H,30,33)/b8-4+,11-9+,16-10-,20-17+/t22-,23-,24+,26-/m0/s1. The van der Waals surface area contributed by atoms with Gasteiger partial charge in [0.05, 0.1) is 12.1 Å². The Balaban J connectivity index is 1.84. The van der Waals surface area contributed by atoms with Gasteiger partial charge in [-0.25, -0.2) is 0 Å². The number of carbonyl (C=O) groups excluding carboxylic acids is 2. The second-order valence-electron chi connectivity index (χ2n) is 9.03. The Kier molecular flexibility index (Phi) is 9.82. The molecule has 2 aliphatic rings. The van der Waals surface area contributed by atoms with Gasteiger partial charge >= 0.3 is 0 Å². The zero-order valence-electron chi connectivity index (χ0n) is 20.4. The highest BCUT2D eigenvalue weighted by Gasteiger charge is 2.36. The predicted molar refractivity (Wildman–Crippen MR) is 137 cm³/mol. The number of fused-ring (bicyclic) bond motifs is 1. The number of aliphatic hydroxyl groups is 2. The average Bonchev–Trinajstić information content (AvgIpc) is 3.15. The first-order chi connectivity index (χ1) is 16.9. The highest BCUT2D eigenvalue weighted by atomic mass is 16.5. The van der Waals surface area contributed by atoms with Gasteiger partial charge in [0.25, 0.3) is 0 Å². The Labute approximate surface area is 207 Å². The summed E-state index contributed by atoms with van der Waals surface area (Å²) < 4.78 is 5.35. The number of Topliss-reactive ketones (excluding diaryl/α,β-unsaturated/α-hetero) is 1. The lowest BCUT2D eigenvalue weighted by molar-refractivity contribution is -0.118. The molecule has 3 rings (SSSR count). The van der Waals surface area contributed by atoms with Crippen molar-refractivity contribution in [2.24, 2.45) is 5.92 Å². The predicted octanol–water partition coefficient (Wildman–Crippen LogP) is 4.81. The lowest BCUT2D eigenvalue weighted by Crippen LogP contribution is -2.26. The van der Waals surface area contributed by atoms with Crippen molar-refractivity contribution in [1.82, 2.24) is 5.32 Å². The number of ketones is 1. The van der Waals surface area contributed by atoms with Crippen LogP contribution in [0, 0.1) is 5.92 Å². The number of rotatable bonds is 2. The van der Waals surface area contributed by atoms with Crippen molar-refractivity contribution in [1.29, 1.82) is 0 Å². The molecule has 1 heterocycles. The molecule has 0 radical (unpaired) electrons. The highest BCUT2D eigenvalue weighted by molar-refractivity contribution is 5.97. The van der Waals surface area contributed by atoms with E-state index < -0.39 is 12.2 Å². The Morgan fingerprint density at radius 2 is 1.80 bits per heavy atom. The van der Waals surface area contributed by atoms with Crippen LogP contribution in [-0.2, 0) is 14.3 Å². The number of amides is 1. The molecule has 0 spiro atoms. The SMILES string of the molecule is CO[C@H]1C[C@@H]2/C=C(C)/C=C/C=C\C(=O)N[C@@H](c3ccccc3)C/C=C/CC[C@H](O)CC(=O)C2=C1O. The van der Waals surface area contributed by atoms with E-state index in [1.54, 1.807) is 12.2 Å². The van der Waals surface area contributed by atoms with E-state index >= 15 is 0 Å². The maximum atomic E-state index is 13.0. The number of carbonyl (C=O) groups is 2. The van der Waals surface area contributed by atoms with Crippen molar-refractivity contribution in [2.75, 3.05) is 7.11 Å². The second kappa shape index (κ2) is 13.0. The largest absolute Gasteiger partial charge is 0.509 e. The molecule has 1 aliphatic carbocycles. The normalized spacial score (nSPS) is 31.2. The van der Waals surface area contributed by atoms with Gasteiger partial charge in [0.15, 0.2) is 5.78 Å². The Morgan fingerprint density at radius 1 is 1.06 bits per heavy atom. The van der Waals surface area contributed by atoms with Crippen LogP contribution >= 0.6 is 0 Å².